The van der Waals surface area contributed by atoms with Crippen molar-refractivity contribution >= 4 is 33.0 Å². The highest BCUT2D eigenvalue weighted by Crippen LogP contribution is 2.25. The lowest BCUT2D eigenvalue weighted by Crippen LogP contribution is -2.32. The highest BCUT2D eigenvalue weighted by Gasteiger charge is 2.32. The van der Waals surface area contributed by atoms with Crippen molar-refractivity contribution in [2.45, 2.75) is 25.8 Å². The molecule has 0 aliphatic carbocycles. The highest BCUT2D eigenvalue weighted by atomic mass is 35.5. The fourth-order valence-corrected chi connectivity index (χ4v) is 5.17. The third-order valence-corrected chi connectivity index (χ3v) is 6.92. The summed E-state index contributed by atoms with van der Waals surface area (Å²) in [6, 6.07) is 0.0624. The van der Waals surface area contributed by atoms with Crippen molar-refractivity contribution in [1.82, 2.24) is 19.1 Å². The molecule has 2 aromatic rings. The van der Waals surface area contributed by atoms with E-state index in [-0.39, 0.29) is 11.8 Å². The summed E-state index contributed by atoms with van der Waals surface area (Å²) in [4.78, 5) is 5.19. The lowest BCUT2D eigenvalue weighted by molar-refractivity contribution is 0.434. The van der Waals surface area contributed by atoms with E-state index in [4.69, 9.17) is 11.6 Å². The minimum atomic E-state index is -3.25. The number of hydrogen-bond acceptors (Lipinski definition) is 5. The van der Waals surface area contributed by atoms with Crippen LogP contribution in [0.1, 0.15) is 23.0 Å². The summed E-state index contributed by atoms with van der Waals surface area (Å²) in [5, 5.41) is 4.74. The molecule has 1 unspecified atom stereocenters. The molecular formula is C13H17ClN4O2S2. The van der Waals surface area contributed by atoms with Gasteiger partial charge >= 0.3 is 0 Å². The molecule has 0 saturated carbocycles. The summed E-state index contributed by atoms with van der Waals surface area (Å²) in [6.07, 6.45) is 4.60. The van der Waals surface area contributed by atoms with E-state index >= 15 is 0 Å². The van der Waals surface area contributed by atoms with Crippen LogP contribution in [0.15, 0.2) is 17.9 Å². The Morgan fingerprint density at radius 3 is 2.95 bits per heavy atom. The summed E-state index contributed by atoms with van der Waals surface area (Å²) in [7, 11) is -3.25. The maximum absolute atomic E-state index is 12.5. The number of nitrogens with zero attached hydrogens (tertiary/aromatic N) is 4. The van der Waals surface area contributed by atoms with Gasteiger partial charge in [-0.2, -0.15) is 9.40 Å². The monoisotopic (exact) mass is 360 g/mol. The number of halogens is 1. The van der Waals surface area contributed by atoms with Crippen LogP contribution in [-0.4, -0.2) is 46.3 Å². The Balaban J connectivity index is 1.62. The standard InChI is InChI=1S/C13H17ClN4O2S2/c1-10-13(21-9-15-10)3-5-22(19,20)17-4-2-12(8-17)18-7-11(14)6-16-18/h6-7,9,12H,2-5,8H2,1H3. The smallest absolute Gasteiger partial charge is 0.214 e. The molecule has 0 N–H and O–H groups in total. The molecule has 0 bridgehead atoms. The van der Waals surface area contributed by atoms with E-state index < -0.39 is 10.0 Å². The maximum Gasteiger partial charge on any atom is 0.214 e. The molecule has 1 atom stereocenters. The summed E-state index contributed by atoms with van der Waals surface area (Å²) >= 11 is 7.38. The molecule has 3 rings (SSSR count). The molecule has 0 aromatic carbocycles. The van der Waals surface area contributed by atoms with E-state index in [2.05, 4.69) is 10.1 Å². The predicted octanol–water partition coefficient (Wildman–Crippen LogP) is 2.12. The summed E-state index contributed by atoms with van der Waals surface area (Å²) in [5.41, 5.74) is 2.68. The molecule has 1 saturated heterocycles. The van der Waals surface area contributed by atoms with Crippen LogP contribution in [0, 0.1) is 6.92 Å². The van der Waals surface area contributed by atoms with E-state index in [1.54, 1.807) is 26.9 Å². The molecule has 120 valence electrons. The average molecular weight is 361 g/mol. The molecule has 2 aromatic heterocycles. The zero-order valence-electron chi connectivity index (χ0n) is 12.1. The Morgan fingerprint density at radius 1 is 1.50 bits per heavy atom. The van der Waals surface area contributed by atoms with Crippen molar-refractivity contribution in [3.05, 3.63) is 33.5 Å². The number of aromatic nitrogens is 3. The van der Waals surface area contributed by atoms with Gasteiger partial charge in [0.05, 0.1) is 34.2 Å². The van der Waals surface area contributed by atoms with Gasteiger partial charge in [0.2, 0.25) is 10.0 Å². The molecular weight excluding hydrogens is 344 g/mol. The van der Waals surface area contributed by atoms with E-state index in [1.807, 2.05) is 6.92 Å². The van der Waals surface area contributed by atoms with Crippen molar-refractivity contribution in [3.63, 3.8) is 0 Å². The van der Waals surface area contributed by atoms with Gasteiger partial charge in [-0.15, -0.1) is 11.3 Å². The van der Waals surface area contributed by atoms with E-state index in [0.29, 0.717) is 24.5 Å². The third kappa shape index (κ3) is 3.34. The fourth-order valence-electron chi connectivity index (χ4n) is 2.61. The Morgan fingerprint density at radius 2 is 2.32 bits per heavy atom. The Kier molecular flexibility index (Phi) is 4.54. The third-order valence-electron chi connectivity index (χ3n) is 3.90. The highest BCUT2D eigenvalue weighted by molar-refractivity contribution is 7.89. The Hall–Kier alpha value is -0.960. The first kappa shape index (κ1) is 15.9. The van der Waals surface area contributed by atoms with Crippen LogP contribution in [-0.2, 0) is 16.4 Å². The SMILES string of the molecule is Cc1ncsc1CCS(=O)(=O)N1CCC(n2cc(Cl)cn2)C1. The molecule has 1 fully saturated rings. The van der Waals surface area contributed by atoms with Gasteiger partial charge in [-0.05, 0) is 19.8 Å². The van der Waals surface area contributed by atoms with Crippen molar-refractivity contribution in [1.29, 1.82) is 0 Å². The van der Waals surface area contributed by atoms with E-state index in [1.165, 1.54) is 11.3 Å². The van der Waals surface area contributed by atoms with Crippen LogP contribution in [0.5, 0.6) is 0 Å². The maximum atomic E-state index is 12.5. The number of aryl methyl sites for hydroxylation is 2. The zero-order valence-corrected chi connectivity index (χ0v) is 14.5. The van der Waals surface area contributed by atoms with Gasteiger partial charge < -0.3 is 0 Å². The lowest BCUT2D eigenvalue weighted by Gasteiger charge is -2.16. The minimum absolute atomic E-state index is 0.0624. The lowest BCUT2D eigenvalue weighted by atomic mass is 10.3. The van der Waals surface area contributed by atoms with Crippen molar-refractivity contribution in [2.75, 3.05) is 18.8 Å². The van der Waals surface area contributed by atoms with Crippen LogP contribution in [0.2, 0.25) is 5.02 Å². The van der Waals surface area contributed by atoms with Gasteiger partial charge in [0.1, 0.15) is 0 Å². The molecule has 3 heterocycles. The minimum Gasteiger partial charge on any atom is -0.267 e. The topological polar surface area (TPSA) is 68.1 Å². The average Bonchev–Trinajstić information content (AvgIpc) is 3.17. The summed E-state index contributed by atoms with van der Waals surface area (Å²) in [5.74, 6) is 0.128. The molecule has 1 aliphatic rings. The Bertz CT molecular complexity index is 756. The number of rotatable bonds is 5. The van der Waals surface area contributed by atoms with E-state index in [9.17, 15) is 8.42 Å². The largest absolute Gasteiger partial charge is 0.267 e. The predicted molar refractivity (Wildman–Crippen MR) is 86.8 cm³/mol. The second kappa shape index (κ2) is 6.27. The normalized spacial score (nSPS) is 19.8. The number of hydrogen-bond donors (Lipinski definition) is 0. The first-order chi connectivity index (χ1) is 10.5. The quantitative estimate of drug-likeness (QED) is 0.819. The van der Waals surface area contributed by atoms with Crippen molar-refractivity contribution in [2.24, 2.45) is 0 Å². The van der Waals surface area contributed by atoms with Gasteiger partial charge in [-0.3, -0.25) is 4.68 Å². The van der Waals surface area contributed by atoms with Crippen molar-refractivity contribution < 1.29 is 8.42 Å². The van der Waals surface area contributed by atoms with Crippen molar-refractivity contribution in [3.8, 4) is 0 Å². The summed E-state index contributed by atoms with van der Waals surface area (Å²) in [6.45, 7) is 2.90. The second-order valence-corrected chi connectivity index (χ2v) is 8.83. The van der Waals surface area contributed by atoms with Gasteiger partial charge in [0.15, 0.2) is 0 Å². The van der Waals surface area contributed by atoms with Crippen LogP contribution in [0.25, 0.3) is 0 Å². The van der Waals surface area contributed by atoms with Crippen LogP contribution >= 0.6 is 22.9 Å². The molecule has 22 heavy (non-hydrogen) atoms. The first-order valence-corrected chi connectivity index (χ1v) is 9.89. The van der Waals surface area contributed by atoms with Gasteiger partial charge in [-0.25, -0.2) is 13.4 Å². The van der Waals surface area contributed by atoms with Gasteiger partial charge in [0.25, 0.3) is 0 Å². The summed E-state index contributed by atoms with van der Waals surface area (Å²) < 4.78 is 28.3. The van der Waals surface area contributed by atoms with Crippen LogP contribution in [0.4, 0.5) is 0 Å². The molecule has 0 amide bonds. The van der Waals surface area contributed by atoms with Crippen LogP contribution in [0.3, 0.4) is 0 Å². The molecule has 0 radical (unpaired) electrons. The zero-order chi connectivity index (χ0) is 15.7. The van der Waals surface area contributed by atoms with Crippen LogP contribution < -0.4 is 0 Å². The fraction of sp³-hybridized carbons (Fsp3) is 0.538. The second-order valence-electron chi connectivity index (χ2n) is 5.37. The first-order valence-electron chi connectivity index (χ1n) is 7.02. The number of sulfonamides is 1. The van der Waals surface area contributed by atoms with Gasteiger partial charge in [-0.1, -0.05) is 11.6 Å². The number of thiazole rings is 1. The molecule has 9 heteroatoms. The Labute approximate surface area is 138 Å². The molecule has 6 nitrogen and oxygen atoms in total. The molecule has 1 aliphatic heterocycles. The van der Waals surface area contributed by atoms with Gasteiger partial charge in [0, 0.05) is 24.2 Å². The molecule has 0 spiro atoms. The van der Waals surface area contributed by atoms with E-state index in [0.717, 1.165) is 17.0 Å².